The molecule has 0 radical (unpaired) electrons. The van der Waals surface area contributed by atoms with Crippen molar-refractivity contribution in [3.05, 3.63) is 35.4 Å². The summed E-state index contributed by atoms with van der Waals surface area (Å²) in [4.78, 5) is 24.9. The first kappa shape index (κ1) is 8.47. The summed E-state index contributed by atoms with van der Waals surface area (Å²) < 4.78 is 0. The molecule has 4 nitrogen and oxygen atoms in total. The van der Waals surface area contributed by atoms with Gasteiger partial charge in [-0.2, -0.15) is 0 Å². The van der Waals surface area contributed by atoms with Crippen LogP contribution in [0.2, 0.25) is 0 Å². The van der Waals surface area contributed by atoms with Crippen LogP contribution in [0.15, 0.2) is 24.3 Å². The van der Waals surface area contributed by atoms with Crippen LogP contribution in [0.5, 0.6) is 0 Å². The van der Waals surface area contributed by atoms with Gasteiger partial charge in [-0.05, 0) is 6.07 Å². The molecule has 1 unspecified atom stereocenters. The normalized spacial score (nSPS) is 23.5. The van der Waals surface area contributed by atoms with Crippen LogP contribution >= 0.6 is 0 Å². The SMILES string of the molecule is O=C1CCN2C(=O)c3ccccc3C2N1. The molecule has 1 aromatic carbocycles. The number of fused-ring (bicyclic) bond motifs is 3. The number of hydrogen-bond donors (Lipinski definition) is 1. The predicted octanol–water partition coefficient (Wildman–Crippen LogP) is 0.661. The summed E-state index contributed by atoms with van der Waals surface area (Å²) in [5.74, 6) is 0.0383. The lowest BCUT2D eigenvalue weighted by Crippen LogP contribution is -2.46. The first-order valence-electron chi connectivity index (χ1n) is 4.96. The highest BCUT2D eigenvalue weighted by Gasteiger charge is 2.39. The quantitative estimate of drug-likeness (QED) is 0.672. The van der Waals surface area contributed by atoms with E-state index in [1.165, 1.54) is 0 Å². The fraction of sp³-hybridized carbons (Fsp3) is 0.273. The van der Waals surface area contributed by atoms with E-state index >= 15 is 0 Å². The van der Waals surface area contributed by atoms with Crippen molar-refractivity contribution in [1.29, 1.82) is 0 Å². The standard InChI is InChI=1S/C11H10N2O2/c14-9-5-6-13-10(12-9)7-3-1-2-4-8(7)11(13)15/h1-4,10H,5-6H2,(H,12,14). The highest BCUT2D eigenvalue weighted by Crippen LogP contribution is 2.33. The van der Waals surface area contributed by atoms with Gasteiger partial charge in [0.05, 0.1) is 0 Å². The molecule has 2 heterocycles. The molecule has 0 aliphatic carbocycles. The van der Waals surface area contributed by atoms with E-state index in [2.05, 4.69) is 5.32 Å². The summed E-state index contributed by atoms with van der Waals surface area (Å²) in [5, 5.41) is 2.83. The molecule has 0 saturated carbocycles. The summed E-state index contributed by atoms with van der Waals surface area (Å²) in [6, 6.07) is 7.43. The lowest BCUT2D eigenvalue weighted by molar-refractivity contribution is -0.125. The van der Waals surface area contributed by atoms with Crippen LogP contribution in [0.4, 0.5) is 0 Å². The molecule has 1 aromatic rings. The van der Waals surface area contributed by atoms with E-state index in [1.807, 2.05) is 24.3 Å². The maximum atomic E-state index is 11.9. The molecule has 0 aromatic heterocycles. The van der Waals surface area contributed by atoms with E-state index in [9.17, 15) is 9.59 Å². The summed E-state index contributed by atoms with van der Waals surface area (Å²) >= 11 is 0. The van der Waals surface area contributed by atoms with Crippen molar-refractivity contribution >= 4 is 11.8 Å². The Morgan fingerprint density at radius 1 is 1.27 bits per heavy atom. The minimum atomic E-state index is -0.241. The van der Waals surface area contributed by atoms with Gasteiger partial charge in [0, 0.05) is 24.1 Å². The minimum absolute atomic E-state index is 0.0146. The lowest BCUT2D eigenvalue weighted by Gasteiger charge is -2.30. The molecule has 4 heteroatoms. The van der Waals surface area contributed by atoms with E-state index in [-0.39, 0.29) is 18.0 Å². The topological polar surface area (TPSA) is 49.4 Å². The maximum absolute atomic E-state index is 11.9. The van der Waals surface area contributed by atoms with E-state index in [4.69, 9.17) is 0 Å². The smallest absolute Gasteiger partial charge is 0.256 e. The highest BCUT2D eigenvalue weighted by atomic mass is 16.2. The van der Waals surface area contributed by atoms with Gasteiger partial charge in [-0.25, -0.2) is 0 Å². The van der Waals surface area contributed by atoms with Crippen LogP contribution in [0.3, 0.4) is 0 Å². The second kappa shape index (κ2) is 2.82. The van der Waals surface area contributed by atoms with Crippen molar-refractivity contribution in [3.63, 3.8) is 0 Å². The van der Waals surface area contributed by atoms with Crippen molar-refractivity contribution < 1.29 is 9.59 Å². The van der Waals surface area contributed by atoms with Gasteiger partial charge in [-0.3, -0.25) is 9.59 Å². The molecule has 2 aliphatic rings. The molecule has 1 atom stereocenters. The third-order valence-electron chi connectivity index (χ3n) is 2.94. The number of hydrogen-bond acceptors (Lipinski definition) is 2. The van der Waals surface area contributed by atoms with Crippen molar-refractivity contribution in [2.24, 2.45) is 0 Å². The Labute approximate surface area is 86.9 Å². The molecule has 2 amide bonds. The van der Waals surface area contributed by atoms with Crippen LogP contribution in [0, 0.1) is 0 Å². The number of benzene rings is 1. The van der Waals surface area contributed by atoms with Gasteiger partial charge in [0.15, 0.2) is 0 Å². The molecule has 15 heavy (non-hydrogen) atoms. The second-order valence-corrected chi connectivity index (χ2v) is 3.81. The number of carbonyl (C=O) groups is 2. The van der Waals surface area contributed by atoms with Gasteiger partial charge in [0.25, 0.3) is 5.91 Å². The average molecular weight is 202 g/mol. The monoisotopic (exact) mass is 202 g/mol. The number of amides is 2. The van der Waals surface area contributed by atoms with Crippen LogP contribution < -0.4 is 5.32 Å². The molecule has 76 valence electrons. The zero-order valence-corrected chi connectivity index (χ0v) is 8.06. The molecule has 0 spiro atoms. The Morgan fingerprint density at radius 2 is 2.07 bits per heavy atom. The Hall–Kier alpha value is -1.84. The largest absolute Gasteiger partial charge is 0.332 e. The third kappa shape index (κ3) is 1.08. The Morgan fingerprint density at radius 3 is 2.93 bits per heavy atom. The van der Waals surface area contributed by atoms with Gasteiger partial charge < -0.3 is 10.2 Å². The molecule has 1 N–H and O–H groups in total. The van der Waals surface area contributed by atoms with Gasteiger partial charge in [0.1, 0.15) is 6.17 Å². The van der Waals surface area contributed by atoms with Gasteiger partial charge in [-0.15, -0.1) is 0 Å². The first-order valence-corrected chi connectivity index (χ1v) is 4.96. The molecule has 1 fully saturated rings. The van der Waals surface area contributed by atoms with Crippen LogP contribution in [-0.2, 0) is 4.79 Å². The van der Waals surface area contributed by atoms with Gasteiger partial charge >= 0.3 is 0 Å². The lowest BCUT2D eigenvalue weighted by atomic mass is 10.1. The number of rotatable bonds is 0. The van der Waals surface area contributed by atoms with Crippen molar-refractivity contribution in [2.45, 2.75) is 12.6 Å². The van der Waals surface area contributed by atoms with Crippen LogP contribution in [0.1, 0.15) is 28.5 Å². The third-order valence-corrected chi connectivity index (χ3v) is 2.94. The Kier molecular flexibility index (Phi) is 1.59. The highest BCUT2D eigenvalue weighted by molar-refractivity contribution is 6.00. The zero-order valence-electron chi connectivity index (χ0n) is 8.06. The van der Waals surface area contributed by atoms with E-state index in [0.717, 1.165) is 5.56 Å². The maximum Gasteiger partial charge on any atom is 0.256 e. The zero-order chi connectivity index (χ0) is 10.4. The van der Waals surface area contributed by atoms with Crippen molar-refractivity contribution in [2.75, 3.05) is 6.54 Å². The molecule has 1 saturated heterocycles. The van der Waals surface area contributed by atoms with E-state index in [0.29, 0.717) is 18.5 Å². The predicted molar refractivity (Wildman–Crippen MR) is 53.0 cm³/mol. The molecule has 3 rings (SSSR count). The molecular formula is C11H10N2O2. The minimum Gasteiger partial charge on any atom is -0.332 e. The van der Waals surface area contributed by atoms with Crippen LogP contribution in [-0.4, -0.2) is 23.3 Å². The fourth-order valence-corrected chi connectivity index (χ4v) is 2.20. The second-order valence-electron chi connectivity index (χ2n) is 3.81. The molecular weight excluding hydrogens is 192 g/mol. The summed E-state index contributed by atoms with van der Waals surface area (Å²) in [5.41, 5.74) is 1.63. The van der Waals surface area contributed by atoms with E-state index < -0.39 is 0 Å². The summed E-state index contributed by atoms with van der Waals surface area (Å²) in [6.07, 6.45) is 0.158. The molecule has 0 bridgehead atoms. The first-order chi connectivity index (χ1) is 7.27. The Balaban J connectivity index is 2.10. The van der Waals surface area contributed by atoms with Gasteiger partial charge in [0.2, 0.25) is 5.91 Å². The number of nitrogens with zero attached hydrogens (tertiary/aromatic N) is 1. The molecule has 2 aliphatic heterocycles. The summed E-state index contributed by atoms with van der Waals surface area (Å²) in [6.45, 7) is 0.518. The van der Waals surface area contributed by atoms with Gasteiger partial charge in [-0.1, -0.05) is 18.2 Å². The number of carbonyl (C=O) groups excluding carboxylic acids is 2. The van der Waals surface area contributed by atoms with Crippen LogP contribution in [0.25, 0.3) is 0 Å². The Bertz CT molecular complexity index is 456. The summed E-state index contributed by atoms with van der Waals surface area (Å²) in [7, 11) is 0. The number of nitrogens with one attached hydrogen (secondary N) is 1. The average Bonchev–Trinajstić information content (AvgIpc) is 2.54. The fourth-order valence-electron chi connectivity index (χ4n) is 2.20. The van der Waals surface area contributed by atoms with E-state index in [1.54, 1.807) is 4.90 Å². The van der Waals surface area contributed by atoms with Crippen molar-refractivity contribution in [3.8, 4) is 0 Å². The van der Waals surface area contributed by atoms with Crippen molar-refractivity contribution in [1.82, 2.24) is 10.2 Å².